The number of benzene rings is 6. The van der Waals surface area contributed by atoms with Gasteiger partial charge in [-0.25, -0.2) is 0 Å². The molecule has 0 radical (unpaired) electrons. The Hall–Kier alpha value is -3.13. The van der Waals surface area contributed by atoms with Crippen LogP contribution in [0.2, 0.25) is 0 Å². The van der Waals surface area contributed by atoms with E-state index in [9.17, 15) is 0 Å². The molecule has 6 aromatic rings. The van der Waals surface area contributed by atoms with E-state index in [1.807, 2.05) is 0 Å². The second kappa shape index (κ2) is 15.5. The van der Waals surface area contributed by atoms with Crippen molar-refractivity contribution in [3.8, 4) is 0 Å². The van der Waals surface area contributed by atoms with Crippen molar-refractivity contribution in [2.75, 3.05) is 0 Å². The first-order chi connectivity index (χ1) is 18.9. The van der Waals surface area contributed by atoms with Crippen molar-refractivity contribution in [1.29, 1.82) is 0 Å². The Morgan fingerprint density at radius 3 is 0.462 bits per heavy atom. The van der Waals surface area contributed by atoms with Crippen LogP contribution < -0.4 is 31.8 Å². The van der Waals surface area contributed by atoms with Crippen molar-refractivity contribution >= 4 is 47.7 Å². The van der Waals surface area contributed by atoms with Crippen molar-refractivity contribution in [2.24, 2.45) is 0 Å². The van der Waals surface area contributed by atoms with Gasteiger partial charge in [0.1, 0.15) is 31.8 Å². The van der Waals surface area contributed by atoms with Gasteiger partial charge >= 0.3 is 0 Å². The molecule has 0 unspecified atom stereocenters. The monoisotopic (exact) mass is 721 g/mol. The SMILES string of the molecule is [Pt].c1ccc([PH+](c2ccccc2)c2ccccc2)cc1.c1ccc([PH+](c2ccccc2)c2ccccc2)cc1. The van der Waals surface area contributed by atoms with E-state index >= 15 is 0 Å². The number of hydrogen-bond donors (Lipinski definition) is 0. The molecule has 0 saturated heterocycles. The average Bonchev–Trinajstić information content (AvgIpc) is 3.01. The summed E-state index contributed by atoms with van der Waals surface area (Å²) in [5.74, 6) is 0. The predicted molar refractivity (Wildman–Crippen MR) is 173 cm³/mol. The maximum Gasteiger partial charge on any atom is 0.102 e. The van der Waals surface area contributed by atoms with Gasteiger partial charge < -0.3 is 0 Å². The summed E-state index contributed by atoms with van der Waals surface area (Å²) in [5, 5.41) is 8.61. The fraction of sp³-hybridized carbons (Fsp3) is 0. The van der Waals surface area contributed by atoms with E-state index in [2.05, 4.69) is 182 Å². The van der Waals surface area contributed by atoms with Gasteiger partial charge in [0.2, 0.25) is 0 Å². The smallest absolute Gasteiger partial charge is 0.0620 e. The van der Waals surface area contributed by atoms with E-state index in [4.69, 9.17) is 0 Å². The van der Waals surface area contributed by atoms with Gasteiger partial charge in [-0.05, 0) is 72.8 Å². The summed E-state index contributed by atoms with van der Waals surface area (Å²) in [5.41, 5.74) is 0. The van der Waals surface area contributed by atoms with Gasteiger partial charge in [-0.15, -0.1) is 0 Å². The van der Waals surface area contributed by atoms with Gasteiger partial charge in [-0.1, -0.05) is 109 Å². The summed E-state index contributed by atoms with van der Waals surface area (Å²) in [7, 11) is -1.75. The fourth-order valence-electron chi connectivity index (χ4n) is 4.63. The van der Waals surface area contributed by atoms with Crippen LogP contribution in [0, 0.1) is 0 Å². The average molecular weight is 722 g/mol. The molecule has 0 aliphatic rings. The number of rotatable bonds is 6. The molecule has 0 fully saturated rings. The van der Waals surface area contributed by atoms with Crippen LogP contribution in [-0.2, 0) is 21.1 Å². The summed E-state index contributed by atoms with van der Waals surface area (Å²) in [4.78, 5) is 0. The zero-order valence-electron chi connectivity index (χ0n) is 21.6. The largest absolute Gasteiger partial charge is 0.102 e. The normalized spacial score (nSPS) is 10.3. The van der Waals surface area contributed by atoms with Crippen LogP contribution in [0.15, 0.2) is 182 Å². The molecule has 0 bridgehead atoms. The third-order valence-corrected chi connectivity index (χ3v) is 11.8. The zero-order chi connectivity index (χ0) is 25.8. The topological polar surface area (TPSA) is 0 Å². The van der Waals surface area contributed by atoms with Crippen molar-refractivity contribution in [1.82, 2.24) is 0 Å². The Bertz CT molecular complexity index is 1170. The molecular weight excluding hydrogens is 689 g/mol. The minimum atomic E-state index is -0.877. The molecule has 0 aliphatic heterocycles. The molecule has 0 N–H and O–H groups in total. The van der Waals surface area contributed by atoms with Crippen molar-refractivity contribution in [3.63, 3.8) is 0 Å². The van der Waals surface area contributed by atoms with E-state index in [-0.39, 0.29) is 21.1 Å². The maximum absolute atomic E-state index is 2.24. The summed E-state index contributed by atoms with van der Waals surface area (Å²) in [6.45, 7) is 0. The van der Waals surface area contributed by atoms with Crippen LogP contribution in [0.25, 0.3) is 0 Å². The second-order valence-electron chi connectivity index (χ2n) is 8.95. The van der Waals surface area contributed by atoms with Crippen molar-refractivity contribution in [2.45, 2.75) is 0 Å². The summed E-state index contributed by atoms with van der Waals surface area (Å²) in [6, 6.07) is 65.0. The first-order valence-electron chi connectivity index (χ1n) is 13.0. The molecule has 0 nitrogen and oxygen atoms in total. The Kier molecular flexibility index (Phi) is 11.4. The van der Waals surface area contributed by atoms with Gasteiger partial charge in [-0.3, -0.25) is 0 Å². The molecule has 0 spiro atoms. The van der Waals surface area contributed by atoms with Crippen molar-refractivity contribution < 1.29 is 21.1 Å². The Balaban J connectivity index is 0.000000176. The predicted octanol–water partition coefficient (Wildman–Crippen LogP) is 6.35. The summed E-state index contributed by atoms with van der Waals surface area (Å²) < 4.78 is 0. The minimum Gasteiger partial charge on any atom is -0.0620 e. The van der Waals surface area contributed by atoms with Crippen LogP contribution in [0.5, 0.6) is 0 Å². The zero-order valence-corrected chi connectivity index (χ0v) is 25.9. The van der Waals surface area contributed by atoms with Gasteiger partial charge in [0.05, 0.1) is 15.8 Å². The Morgan fingerprint density at radius 2 is 0.333 bits per heavy atom. The standard InChI is InChI=1S/2C18H15P.Pt/c2*1-4-10-16(11-5-1)19(17-12-6-2-7-13-17)18-14-8-3-9-15-18;/h2*1-15H;/p+2. The van der Waals surface area contributed by atoms with Gasteiger partial charge in [0, 0.05) is 21.1 Å². The summed E-state index contributed by atoms with van der Waals surface area (Å²) in [6.07, 6.45) is 0. The van der Waals surface area contributed by atoms with E-state index in [1.54, 1.807) is 0 Å². The molecule has 39 heavy (non-hydrogen) atoms. The molecule has 0 atom stereocenters. The minimum absolute atomic E-state index is 0. The fourth-order valence-corrected chi connectivity index (χ4v) is 9.78. The summed E-state index contributed by atoms with van der Waals surface area (Å²) >= 11 is 0. The second-order valence-corrected chi connectivity index (χ2v) is 13.9. The van der Waals surface area contributed by atoms with Crippen LogP contribution in [0.3, 0.4) is 0 Å². The van der Waals surface area contributed by atoms with E-state index < -0.39 is 15.8 Å². The van der Waals surface area contributed by atoms with Gasteiger partial charge in [-0.2, -0.15) is 0 Å². The molecule has 194 valence electrons. The molecule has 6 aromatic carbocycles. The molecular formula is C36H32P2Pt+2. The Morgan fingerprint density at radius 1 is 0.205 bits per heavy atom. The van der Waals surface area contributed by atoms with Crippen LogP contribution in [-0.4, -0.2) is 0 Å². The quantitative estimate of drug-likeness (QED) is 0.176. The first-order valence-corrected chi connectivity index (χ1v) is 16.0. The molecule has 3 heteroatoms. The molecule has 0 saturated carbocycles. The van der Waals surface area contributed by atoms with Crippen LogP contribution in [0.4, 0.5) is 0 Å². The first kappa shape index (κ1) is 28.9. The number of hydrogen-bond acceptors (Lipinski definition) is 0. The molecule has 0 amide bonds. The van der Waals surface area contributed by atoms with E-state index in [0.717, 1.165) is 0 Å². The maximum atomic E-state index is 2.24. The third kappa shape index (κ3) is 7.94. The Labute approximate surface area is 249 Å². The van der Waals surface area contributed by atoms with Crippen LogP contribution >= 0.6 is 15.8 Å². The molecule has 0 aromatic heterocycles. The van der Waals surface area contributed by atoms with E-state index in [0.29, 0.717) is 0 Å². The van der Waals surface area contributed by atoms with Crippen LogP contribution in [0.1, 0.15) is 0 Å². The van der Waals surface area contributed by atoms with E-state index in [1.165, 1.54) is 31.8 Å². The molecule has 0 aliphatic carbocycles. The van der Waals surface area contributed by atoms with Crippen molar-refractivity contribution in [3.05, 3.63) is 182 Å². The van der Waals surface area contributed by atoms with Gasteiger partial charge in [0.15, 0.2) is 0 Å². The third-order valence-electron chi connectivity index (χ3n) is 6.37. The molecule has 0 heterocycles. The van der Waals surface area contributed by atoms with Gasteiger partial charge in [0.25, 0.3) is 0 Å². The molecule has 6 rings (SSSR count).